The lowest BCUT2D eigenvalue weighted by Gasteiger charge is -2.17. The van der Waals surface area contributed by atoms with E-state index in [0.717, 1.165) is 21.9 Å². The molecule has 4 rings (SSSR count). The Bertz CT molecular complexity index is 2060. The van der Waals surface area contributed by atoms with Crippen LogP contribution in [0.15, 0.2) is 67.0 Å². The van der Waals surface area contributed by atoms with Crippen LogP contribution in [0.3, 0.4) is 0 Å². The predicted octanol–water partition coefficient (Wildman–Crippen LogP) is 0.481. The second-order valence-electron chi connectivity index (χ2n) is 13.4. The minimum absolute atomic E-state index is 0. The molecular weight excluding hydrogens is 766 g/mol. The summed E-state index contributed by atoms with van der Waals surface area (Å²) in [6, 6.07) is 11.5. The molecule has 0 aliphatic heterocycles. The van der Waals surface area contributed by atoms with Crippen molar-refractivity contribution in [2.75, 3.05) is 27.2 Å². The molecule has 0 saturated carbocycles. The fraction of sp³-hybridized carbons (Fsp3) is 0.385. The van der Waals surface area contributed by atoms with Gasteiger partial charge >= 0.3 is 23.4 Å². The highest BCUT2D eigenvalue weighted by Gasteiger charge is 2.19. The normalized spacial score (nSPS) is 11.6. The van der Waals surface area contributed by atoms with Crippen LogP contribution in [0.25, 0.3) is 21.9 Å². The van der Waals surface area contributed by atoms with E-state index in [4.69, 9.17) is 35.5 Å². The standard InChI is InChI=1S/C20H24N2O6.C19H23N3O6.ClH/c1-12-10-19(25)28-17-11-14(6-7-15(12)17)27-20(26)22(3)8-4-5-16(23)13(2)9-18(21)24;1-11-8-18(25)28-16-9-12(5-6-13(11)16)27-19(26)22(2)7-3-4-15(23)14(20)10-17(21)24;/h6-7,10-11,13H,4-5,8-9H2,1-3H3,(H2,21,24);5-6,8-9,14H,3-4,7,10,20H2,1-2H3,(H2,21,24);1H/p-1/t13-;14-;/m11./s1. The summed E-state index contributed by atoms with van der Waals surface area (Å²) in [5.74, 6) is -1.45. The van der Waals surface area contributed by atoms with Gasteiger partial charge in [-0.05, 0) is 62.1 Å². The summed E-state index contributed by atoms with van der Waals surface area (Å²) in [4.78, 5) is 95.4. The van der Waals surface area contributed by atoms with Crippen molar-refractivity contribution in [2.24, 2.45) is 23.1 Å². The number of halogens is 1. The van der Waals surface area contributed by atoms with Gasteiger partial charge in [-0.15, -0.1) is 0 Å². The van der Waals surface area contributed by atoms with E-state index < -0.39 is 47.2 Å². The number of Topliss-reactive ketones (excluding diaryl/α,β-unsaturated/α-hetero) is 2. The van der Waals surface area contributed by atoms with Gasteiger partial charge in [-0.3, -0.25) is 19.2 Å². The second-order valence-corrected chi connectivity index (χ2v) is 13.4. The smallest absolute Gasteiger partial charge is 0.414 e. The number of hydrogen-bond donors (Lipinski definition) is 3. The van der Waals surface area contributed by atoms with Crippen LogP contribution >= 0.6 is 0 Å². The van der Waals surface area contributed by atoms with E-state index in [1.165, 1.54) is 41.1 Å². The molecular formula is C39H47ClN5O12-. The van der Waals surface area contributed by atoms with E-state index in [2.05, 4.69) is 0 Å². The first kappa shape index (κ1) is 47.1. The van der Waals surface area contributed by atoms with Crippen molar-refractivity contribution in [3.05, 3.63) is 80.5 Å². The first-order valence-corrected chi connectivity index (χ1v) is 17.7. The number of primary amides is 2. The summed E-state index contributed by atoms with van der Waals surface area (Å²) in [5.41, 5.74) is 16.9. The molecule has 4 aromatic rings. The van der Waals surface area contributed by atoms with Crippen LogP contribution in [0.1, 0.15) is 56.6 Å². The summed E-state index contributed by atoms with van der Waals surface area (Å²) >= 11 is 0. The van der Waals surface area contributed by atoms with E-state index in [9.17, 15) is 38.4 Å². The van der Waals surface area contributed by atoms with Crippen LogP contribution in [0.5, 0.6) is 11.5 Å². The van der Waals surface area contributed by atoms with E-state index in [0.29, 0.717) is 30.6 Å². The summed E-state index contributed by atoms with van der Waals surface area (Å²) < 4.78 is 20.8. The molecule has 2 atom stereocenters. The monoisotopic (exact) mass is 812 g/mol. The van der Waals surface area contributed by atoms with Crippen LogP contribution in [0.2, 0.25) is 0 Å². The van der Waals surface area contributed by atoms with Crippen LogP contribution in [0.4, 0.5) is 9.59 Å². The second kappa shape index (κ2) is 21.9. The van der Waals surface area contributed by atoms with Gasteiger partial charge in [-0.2, -0.15) is 0 Å². The molecule has 17 nitrogen and oxygen atoms in total. The average Bonchev–Trinajstić information content (AvgIpc) is 3.10. The number of benzene rings is 2. The molecule has 57 heavy (non-hydrogen) atoms. The summed E-state index contributed by atoms with van der Waals surface area (Å²) in [6.07, 6.45) is -0.223. The Morgan fingerprint density at radius 1 is 0.667 bits per heavy atom. The van der Waals surface area contributed by atoms with Crippen molar-refractivity contribution < 1.29 is 59.5 Å². The van der Waals surface area contributed by atoms with Gasteiger partial charge < -0.3 is 57.7 Å². The maximum absolute atomic E-state index is 12.2. The molecule has 0 aliphatic rings. The van der Waals surface area contributed by atoms with Crippen molar-refractivity contribution in [1.29, 1.82) is 0 Å². The van der Waals surface area contributed by atoms with Gasteiger partial charge in [-0.1, -0.05) is 6.92 Å². The Labute approximate surface area is 333 Å². The molecule has 0 unspecified atom stereocenters. The van der Waals surface area contributed by atoms with E-state index in [-0.39, 0.29) is 67.7 Å². The lowest BCUT2D eigenvalue weighted by atomic mass is 9.98. The summed E-state index contributed by atoms with van der Waals surface area (Å²) in [5, 5.41) is 1.51. The van der Waals surface area contributed by atoms with Crippen molar-refractivity contribution in [1.82, 2.24) is 9.80 Å². The number of fused-ring (bicyclic) bond motifs is 2. The molecule has 4 amide bonds. The molecule has 0 fully saturated rings. The molecule has 308 valence electrons. The van der Waals surface area contributed by atoms with E-state index in [1.807, 2.05) is 0 Å². The third kappa shape index (κ3) is 14.8. The van der Waals surface area contributed by atoms with Crippen molar-refractivity contribution in [2.45, 2.75) is 65.3 Å². The maximum Gasteiger partial charge on any atom is 0.414 e. The Balaban J connectivity index is 0.000000387. The molecule has 0 bridgehead atoms. The van der Waals surface area contributed by atoms with Crippen LogP contribution in [-0.2, 0) is 19.2 Å². The number of carbonyl (C=O) groups is 6. The zero-order valence-electron chi connectivity index (χ0n) is 32.3. The van der Waals surface area contributed by atoms with Crippen molar-refractivity contribution in [3.63, 3.8) is 0 Å². The minimum atomic E-state index is -0.925. The number of amides is 4. The van der Waals surface area contributed by atoms with Crippen LogP contribution in [-0.4, -0.2) is 78.6 Å². The predicted molar refractivity (Wildman–Crippen MR) is 205 cm³/mol. The van der Waals surface area contributed by atoms with Crippen LogP contribution < -0.4 is 50.3 Å². The maximum atomic E-state index is 12.2. The lowest BCUT2D eigenvalue weighted by molar-refractivity contribution is -0.127. The van der Waals surface area contributed by atoms with Crippen molar-refractivity contribution in [3.8, 4) is 11.5 Å². The molecule has 2 aromatic heterocycles. The Kier molecular flexibility index (Phi) is 18.1. The van der Waals surface area contributed by atoms with E-state index in [1.54, 1.807) is 52.1 Å². The highest BCUT2D eigenvalue weighted by Crippen LogP contribution is 2.24. The molecule has 0 aliphatic carbocycles. The molecule has 6 N–H and O–H groups in total. The highest BCUT2D eigenvalue weighted by molar-refractivity contribution is 5.89. The van der Waals surface area contributed by atoms with Gasteiger partial charge in [-0.25, -0.2) is 19.2 Å². The van der Waals surface area contributed by atoms with Crippen LogP contribution in [0, 0.1) is 19.8 Å². The first-order valence-electron chi connectivity index (χ1n) is 17.7. The third-order valence-corrected chi connectivity index (χ3v) is 8.60. The van der Waals surface area contributed by atoms with Gasteiger partial charge in [0.2, 0.25) is 11.8 Å². The Morgan fingerprint density at radius 2 is 1.07 bits per heavy atom. The topological polar surface area (TPSA) is 266 Å². The number of carbonyl (C=O) groups excluding carboxylic acids is 6. The number of nitrogens with zero attached hydrogens (tertiary/aromatic N) is 2. The molecule has 0 saturated heterocycles. The number of nitrogens with two attached hydrogens (primary N) is 3. The average molecular weight is 813 g/mol. The van der Waals surface area contributed by atoms with Gasteiger partial charge in [0.15, 0.2) is 0 Å². The van der Waals surface area contributed by atoms with E-state index >= 15 is 0 Å². The first-order chi connectivity index (χ1) is 26.3. The fourth-order valence-electron chi connectivity index (χ4n) is 5.44. The zero-order valence-corrected chi connectivity index (χ0v) is 33.1. The Morgan fingerprint density at radius 3 is 1.47 bits per heavy atom. The molecule has 0 radical (unpaired) electrons. The zero-order chi connectivity index (χ0) is 41.7. The third-order valence-electron chi connectivity index (χ3n) is 8.60. The van der Waals surface area contributed by atoms with Gasteiger partial charge in [0.25, 0.3) is 0 Å². The minimum Gasteiger partial charge on any atom is -1.00 e. The number of ketones is 2. The number of rotatable bonds is 16. The quantitative estimate of drug-likeness (QED) is 0.130. The highest BCUT2D eigenvalue weighted by atomic mass is 35.5. The summed E-state index contributed by atoms with van der Waals surface area (Å²) in [7, 11) is 3.09. The number of ether oxygens (including phenoxy) is 2. The van der Waals surface area contributed by atoms with Crippen molar-refractivity contribution >= 4 is 57.5 Å². The number of hydrogen-bond acceptors (Lipinski definition) is 13. The molecule has 2 heterocycles. The fourth-order valence-corrected chi connectivity index (χ4v) is 5.44. The Hall–Kier alpha value is -6.07. The number of aryl methyl sites for hydroxylation is 2. The molecule has 18 heteroatoms. The molecule has 0 spiro atoms. The SMILES string of the molecule is Cc1cc(=O)oc2cc(OC(=O)N(C)CCCC(=O)[C@H](C)CC(N)=O)ccc12.Cc1cc(=O)oc2cc(OC(=O)N(C)CCCC(=O)[C@H](N)CC(N)=O)ccc12.[Cl-]. The van der Waals surface area contributed by atoms with Gasteiger partial charge in [0, 0.05) is 93.8 Å². The lowest BCUT2D eigenvalue weighted by Crippen LogP contribution is -3.00. The largest absolute Gasteiger partial charge is 1.00 e. The molecule has 2 aromatic carbocycles. The summed E-state index contributed by atoms with van der Waals surface area (Å²) in [6.45, 7) is 5.82. The van der Waals surface area contributed by atoms with Gasteiger partial charge in [0.1, 0.15) is 34.2 Å². The van der Waals surface area contributed by atoms with Gasteiger partial charge in [0.05, 0.1) is 6.04 Å².